The van der Waals surface area contributed by atoms with Crippen LogP contribution in [-0.2, 0) is 58.8 Å². The molecule has 0 unspecified atom stereocenters. The first-order valence-electron chi connectivity index (χ1n) is 31.1. The average Bonchev–Trinajstić information content (AvgIpc) is 1.84. The van der Waals surface area contributed by atoms with Gasteiger partial charge < -0.3 is 60.3 Å². The normalized spacial score (nSPS) is 11.1. The van der Waals surface area contributed by atoms with Crippen molar-refractivity contribution < 1.29 is 83.5 Å². The minimum absolute atomic E-state index is 0.0650. The van der Waals surface area contributed by atoms with E-state index in [9.17, 15) is 55.1 Å². The molecule has 103 heavy (non-hydrogen) atoms. The van der Waals surface area contributed by atoms with Crippen LogP contribution < -0.4 is 60.3 Å². The topological polar surface area (TPSA) is 269 Å². The van der Waals surface area contributed by atoms with Gasteiger partial charge in [0.05, 0.1) is 26.2 Å². The van der Waals surface area contributed by atoms with Gasteiger partial charge in [0, 0.05) is 50.8 Å². The van der Waals surface area contributed by atoms with Crippen molar-refractivity contribution in [2.24, 2.45) is 0 Å². The highest BCUT2D eigenvalue weighted by molar-refractivity contribution is 7.10. The fourth-order valence-corrected chi connectivity index (χ4v) is 11.5. The molecular formula is C70H68Cl3F6N9O12S3. The quantitative estimate of drug-likeness (QED) is 0.0229. The minimum atomic E-state index is -4.79. The van der Waals surface area contributed by atoms with Crippen molar-refractivity contribution >= 4 is 104 Å². The number of alkyl halides is 6. The third-order valence-electron chi connectivity index (χ3n) is 13.5. The number of hydrogen-bond acceptors (Lipinski definition) is 18. The molecule has 0 saturated heterocycles. The molecule has 0 aliphatic rings. The second kappa shape index (κ2) is 39.6. The van der Waals surface area contributed by atoms with Crippen LogP contribution in [0.25, 0.3) is 0 Å². The zero-order valence-electron chi connectivity index (χ0n) is 55.4. The largest absolute Gasteiger partial charge is 0.573 e. The Bertz CT molecular complexity index is 4220. The highest BCUT2D eigenvalue weighted by Gasteiger charge is 2.32. The smallest absolute Gasteiger partial charge is 0.494 e. The first-order valence-corrected chi connectivity index (χ1v) is 34.9. The van der Waals surface area contributed by atoms with Crippen LogP contribution in [0.5, 0.6) is 34.5 Å². The third kappa shape index (κ3) is 30.4. The number of ether oxygens (including phenoxy) is 6. The van der Waals surface area contributed by atoms with Gasteiger partial charge in [-0.1, -0.05) is 92.0 Å². The maximum Gasteiger partial charge on any atom is 0.573 e. The number of benzene rings is 6. The van der Waals surface area contributed by atoms with E-state index in [2.05, 4.69) is 77.1 Å². The second-order valence-electron chi connectivity index (χ2n) is 22.6. The van der Waals surface area contributed by atoms with Crippen molar-refractivity contribution in [2.75, 3.05) is 39.5 Å². The Labute approximate surface area is 614 Å². The lowest BCUT2D eigenvalue weighted by atomic mass is 9.87. The highest BCUT2D eigenvalue weighted by Crippen LogP contribution is 2.28. The zero-order valence-corrected chi connectivity index (χ0v) is 60.1. The number of thiazole rings is 3. The Morgan fingerprint density at radius 2 is 0.767 bits per heavy atom. The Morgan fingerprint density at radius 3 is 1.16 bits per heavy atom. The molecule has 0 saturated carbocycles. The van der Waals surface area contributed by atoms with Crippen LogP contribution >= 0.6 is 68.8 Å². The number of hydrogen-bond donors (Lipinski definition) is 6. The molecule has 0 fully saturated rings. The van der Waals surface area contributed by atoms with E-state index >= 15 is 0 Å². The molecule has 9 aromatic rings. The minimum Gasteiger partial charge on any atom is -0.494 e. The first-order chi connectivity index (χ1) is 49.0. The summed E-state index contributed by atoms with van der Waals surface area (Å²) in [4.78, 5) is 85.7. The van der Waals surface area contributed by atoms with Gasteiger partial charge in [-0.25, -0.2) is 15.0 Å². The Hall–Kier alpha value is -9.72. The molecule has 3 heterocycles. The lowest BCUT2D eigenvalue weighted by molar-refractivity contribution is -0.275. The number of nitrogens with zero attached hydrogens (tertiary/aromatic N) is 3. The van der Waals surface area contributed by atoms with E-state index in [1.165, 1.54) is 63.8 Å². The van der Waals surface area contributed by atoms with Gasteiger partial charge >= 0.3 is 12.7 Å². The summed E-state index contributed by atoms with van der Waals surface area (Å²) in [5.74, 6) is -1.08. The van der Waals surface area contributed by atoms with Crippen LogP contribution in [0, 0.1) is 0 Å². The van der Waals surface area contributed by atoms with E-state index < -0.39 is 36.2 Å². The second-order valence-corrected chi connectivity index (χ2v) is 26.7. The lowest BCUT2D eigenvalue weighted by Crippen LogP contribution is -2.28. The van der Waals surface area contributed by atoms with Gasteiger partial charge in [-0.15, -0.1) is 60.4 Å². The molecule has 0 aliphatic carbocycles. The van der Waals surface area contributed by atoms with Crippen LogP contribution in [0.1, 0.15) is 96.4 Å². The molecular weight excluding hydrogens is 1480 g/mol. The summed E-state index contributed by atoms with van der Waals surface area (Å²) in [6, 6.07) is 37.2. The predicted octanol–water partition coefficient (Wildman–Crippen LogP) is 13.8. The van der Waals surface area contributed by atoms with Crippen LogP contribution in [-0.4, -0.2) is 103 Å². The summed E-state index contributed by atoms with van der Waals surface area (Å²) >= 11 is 21.6. The number of aromatic nitrogens is 3. The SMILES string of the molecule is CC(C)(C)c1ccc(OCC(=O)NCc2nc(C(=O)NCCc3cccc(Cl)c3)cs2)cc1.CCOc1ccc(CCNC(=O)c2csc(CNC(=O)COc3ccc(OC(F)(F)F)cc3)n2)cc1.O=C(COc1ccc(OC(F)(F)F)cc1)NCc1nc(C(=O)NCc2cc(Cl)cc(Cl)c2)cs1. The molecule has 6 amide bonds. The number of amides is 6. The molecule has 546 valence electrons. The molecule has 0 bridgehead atoms. The van der Waals surface area contributed by atoms with Gasteiger partial charge in [-0.3, -0.25) is 28.8 Å². The Morgan fingerprint density at radius 1 is 0.408 bits per heavy atom. The Kier molecular flexibility index (Phi) is 31.0. The molecule has 33 heteroatoms. The zero-order chi connectivity index (χ0) is 74.5. The monoisotopic (exact) mass is 1540 g/mol. The number of carbonyl (C=O) groups is 6. The summed E-state index contributed by atoms with van der Waals surface area (Å²) in [6.45, 7) is 9.71. The average molecular weight is 1540 g/mol. The van der Waals surface area contributed by atoms with Gasteiger partial charge in [0.25, 0.3) is 35.4 Å². The van der Waals surface area contributed by atoms with E-state index in [0.717, 1.165) is 46.7 Å². The molecule has 6 aromatic carbocycles. The van der Waals surface area contributed by atoms with E-state index in [4.69, 9.17) is 53.8 Å². The van der Waals surface area contributed by atoms with Crippen molar-refractivity contribution in [2.45, 2.75) is 84.9 Å². The summed E-state index contributed by atoms with van der Waals surface area (Å²) in [6.07, 6.45) is -8.24. The summed E-state index contributed by atoms with van der Waals surface area (Å²) in [5.41, 5.74) is 4.91. The van der Waals surface area contributed by atoms with Crippen LogP contribution in [0.3, 0.4) is 0 Å². The van der Waals surface area contributed by atoms with Crippen molar-refractivity contribution in [1.82, 2.24) is 46.9 Å². The summed E-state index contributed by atoms with van der Waals surface area (Å²) < 4.78 is 102. The van der Waals surface area contributed by atoms with Crippen molar-refractivity contribution in [3.63, 3.8) is 0 Å². The number of carbonyl (C=O) groups excluding carboxylic acids is 6. The maximum absolute atomic E-state index is 12.3. The molecule has 9 rings (SSSR count). The molecule has 21 nitrogen and oxygen atoms in total. The van der Waals surface area contributed by atoms with Gasteiger partial charge in [-0.05, 0) is 151 Å². The standard InChI is InChI=1S/C25H28ClN3O3S.C24H24F3N3O5S.C21H16Cl2F3N3O4S/c1-25(2,3)18-7-9-20(10-8-18)32-15-22(30)28-14-23-29-21(16-33-23)24(31)27-12-11-17-5-4-6-19(26)13-17;1-2-33-17-5-3-16(4-6-17)11-12-28-23(32)20-15-36-22(30-20)13-29-21(31)14-34-18-7-9-19(10-8-18)35-24(25,26)27;22-13-5-12(6-14(23)7-13)8-28-20(31)17-11-34-19(29-17)9-27-18(30)10-32-15-1-3-16(4-2-15)33-21(24,25)26/h4-10,13,16H,11-12,14-15H2,1-3H3,(H,27,31)(H,28,30);3-10,15H,2,11-14H2,1H3,(H,28,32)(H,29,31);1-7,11H,8-10H2,(H,27,30)(H,28,31). The number of halogens is 9. The predicted molar refractivity (Wildman–Crippen MR) is 379 cm³/mol. The van der Waals surface area contributed by atoms with Crippen LogP contribution in [0.2, 0.25) is 15.1 Å². The van der Waals surface area contributed by atoms with E-state index in [-0.39, 0.29) is 97.8 Å². The van der Waals surface area contributed by atoms with Crippen LogP contribution in [0.4, 0.5) is 26.3 Å². The summed E-state index contributed by atoms with van der Waals surface area (Å²) in [5, 5.41) is 24.5. The maximum atomic E-state index is 12.3. The molecule has 3 aromatic heterocycles. The molecule has 0 spiro atoms. The number of nitrogens with one attached hydrogen (secondary N) is 6. The fraction of sp³-hybridized carbons (Fsp3) is 0.271. The fourth-order valence-electron chi connectivity index (χ4n) is 8.56. The van der Waals surface area contributed by atoms with Gasteiger partial charge in [0.2, 0.25) is 0 Å². The summed E-state index contributed by atoms with van der Waals surface area (Å²) in [7, 11) is 0. The van der Waals surface area contributed by atoms with Crippen molar-refractivity contribution in [1.29, 1.82) is 0 Å². The van der Waals surface area contributed by atoms with Gasteiger partial charge in [-0.2, -0.15) is 0 Å². The molecule has 6 N–H and O–H groups in total. The van der Waals surface area contributed by atoms with Gasteiger partial charge in [0.15, 0.2) is 19.8 Å². The van der Waals surface area contributed by atoms with Crippen LogP contribution in [0.15, 0.2) is 156 Å². The van der Waals surface area contributed by atoms with Crippen molar-refractivity contribution in [3.05, 3.63) is 225 Å². The molecule has 0 aliphatic heterocycles. The molecule has 0 atom stereocenters. The van der Waals surface area contributed by atoms with E-state index in [1.54, 1.807) is 34.3 Å². The highest BCUT2D eigenvalue weighted by atomic mass is 35.5. The third-order valence-corrected chi connectivity index (χ3v) is 16.7. The van der Waals surface area contributed by atoms with E-state index in [1.807, 2.05) is 79.7 Å². The molecule has 0 radical (unpaired) electrons. The van der Waals surface area contributed by atoms with Crippen molar-refractivity contribution in [3.8, 4) is 34.5 Å². The lowest BCUT2D eigenvalue weighted by Gasteiger charge is -2.19. The van der Waals surface area contributed by atoms with Gasteiger partial charge in [0.1, 0.15) is 66.6 Å². The Balaban J connectivity index is 0.000000216. The van der Waals surface area contributed by atoms with E-state index in [0.29, 0.717) is 74.1 Å². The number of rotatable bonds is 30. The first kappa shape index (κ1) is 80.6.